The Labute approximate surface area is 363 Å². The molecule has 0 radical (unpaired) electrons. The summed E-state index contributed by atoms with van der Waals surface area (Å²) >= 11 is 0. The van der Waals surface area contributed by atoms with Crippen LogP contribution in [0.5, 0.6) is 0 Å². The summed E-state index contributed by atoms with van der Waals surface area (Å²) in [5.74, 6) is 1.85. The van der Waals surface area contributed by atoms with Crippen LogP contribution in [0.15, 0.2) is 218 Å². The van der Waals surface area contributed by atoms with E-state index in [4.69, 9.17) is 15.0 Å². The van der Waals surface area contributed by atoms with Crippen molar-refractivity contribution in [3.63, 3.8) is 0 Å². The van der Waals surface area contributed by atoms with Gasteiger partial charge in [0, 0.05) is 44.3 Å². The molecule has 12 aromatic rings. The summed E-state index contributed by atoms with van der Waals surface area (Å²) in [6.07, 6.45) is 0. The molecule has 1 aliphatic rings. The number of rotatable bonds is 6. The molecule has 0 fully saturated rings. The molecule has 0 saturated heterocycles. The number of aromatic nitrogens is 5. The van der Waals surface area contributed by atoms with E-state index >= 15 is 0 Å². The van der Waals surface area contributed by atoms with Gasteiger partial charge in [0.05, 0.1) is 22.1 Å². The Balaban J connectivity index is 1.04. The van der Waals surface area contributed by atoms with Crippen LogP contribution in [-0.4, -0.2) is 24.1 Å². The molecule has 5 heteroatoms. The molecule has 5 nitrogen and oxygen atoms in total. The van der Waals surface area contributed by atoms with E-state index in [0.717, 1.165) is 38.6 Å². The van der Waals surface area contributed by atoms with Gasteiger partial charge in [0.2, 0.25) is 5.95 Å². The average Bonchev–Trinajstić information content (AvgIpc) is 4.00. The van der Waals surface area contributed by atoms with Crippen LogP contribution in [0.25, 0.3) is 100 Å². The minimum absolute atomic E-state index is 0.00962. The van der Waals surface area contributed by atoms with Crippen molar-refractivity contribution in [2.24, 2.45) is 0 Å². The topological polar surface area (TPSA) is 48.5 Å². The van der Waals surface area contributed by atoms with Gasteiger partial charge in [-0.2, -0.15) is 9.97 Å². The van der Waals surface area contributed by atoms with Crippen LogP contribution < -0.4 is 0 Å². The fourth-order valence-electron chi connectivity index (χ4n) is 10.1. The van der Waals surface area contributed by atoms with Gasteiger partial charge < -0.3 is 4.57 Å². The molecule has 0 N–H and O–H groups in total. The van der Waals surface area contributed by atoms with E-state index in [0.29, 0.717) is 17.6 Å². The molecule has 63 heavy (non-hydrogen) atoms. The molecule has 3 heterocycles. The van der Waals surface area contributed by atoms with Gasteiger partial charge in [-0.05, 0) is 75.3 Å². The van der Waals surface area contributed by atoms with E-state index in [1.54, 1.807) is 0 Å². The van der Waals surface area contributed by atoms with Crippen LogP contribution in [0, 0.1) is 0 Å². The molecule has 13 rings (SSSR count). The van der Waals surface area contributed by atoms with E-state index in [2.05, 4.69) is 191 Å². The van der Waals surface area contributed by atoms with E-state index < -0.39 is 0 Å². The molecule has 294 valence electrons. The molecule has 9 aromatic carbocycles. The first-order chi connectivity index (χ1) is 31.3. The van der Waals surface area contributed by atoms with Gasteiger partial charge in [-0.3, -0.25) is 4.57 Å². The van der Waals surface area contributed by atoms with E-state index in [9.17, 15) is 0 Å². The summed E-state index contributed by atoms with van der Waals surface area (Å²) in [4.78, 5) is 15.4. The Morgan fingerprint density at radius 3 is 1.57 bits per heavy atom. The molecule has 0 spiro atoms. The zero-order chi connectivity index (χ0) is 41.4. The molecule has 0 aliphatic heterocycles. The SMILES string of the molecule is c1ccc(-c2ccc(-n3c4ccccc4c4ccc5c(c43)C(c3ccc4c(c3)c3ccccc3n4-c3nc(-c4ccccc4)nc(-c4ccccc4)n3)c3ccccc3-5)cc2)cc1. The van der Waals surface area contributed by atoms with Crippen LogP contribution in [0.2, 0.25) is 0 Å². The van der Waals surface area contributed by atoms with Gasteiger partial charge in [-0.25, -0.2) is 4.98 Å². The Morgan fingerprint density at radius 1 is 0.349 bits per heavy atom. The predicted octanol–water partition coefficient (Wildman–Crippen LogP) is 14.2. The molecule has 0 bridgehead atoms. The molecular weight excluding hydrogens is 767 g/mol. The fraction of sp³-hybridized carbons (Fsp3) is 0.0172. The van der Waals surface area contributed by atoms with Crippen LogP contribution in [0.3, 0.4) is 0 Å². The van der Waals surface area contributed by atoms with Crippen molar-refractivity contribution in [1.82, 2.24) is 24.1 Å². The summed E-state index contributed by atoms with van der Waals surface area (Å²) < 4.78 is 4.71. The van der Waals surface area contributed by atoms with Gasteiger partial charge >= 0.3 is 0 Å². The van der Waals surface area contributed by atoms with E-state index in [-0.39, 0.29) is 5.92 Å². The van der Waals surface area contributed by atoms with Crippen molar-refractivity contribution in [3.8, 4) is 56.7 Å². The average molecular weight is 804 g/mol. The van der Waals surface area contributed by atoms with Crippen molar-refractivity contribution >= 4 is 43.6 Å². The predicted molar refractivity (Wildman–Crippen MR) is 258 cm³/mol. The van der Waals surface area contributed by atoms with Crippen molar-refractivity contribution in [2.75, 3.05) is 0 Å². The number of benzene rings is 9. The van der Waals surface area contributed by atoms with Crippen LogP contribution in [0.1, 0.15) is 22.6 Å². The maximum absolute atomic E-state index is 5.19. The van der Waals surface area contributed by atoms with E-state index in [1.807, 2.05) is 36.4 Å². The highest BCUT2D eigenvalue weighted by Gasteiger charge is 2.34. The lowest BCUT2D eigenvalue weighted by Crippen LogP contribution is -2.06. The normalized spacial score (nSPS) is 13.2. The zero-order valence-electron chi connectivity index (χ0n) is 34.1. The monoisotopic (exact) mass is 803 g/mol. The summed E-state index contributed by atoms with van der Waals surface area (Å²) in [7, 11) is 0. The first-order valence-electron chi connectivity index (χ1n) is 21.5. The van der Waals surface area contributed by atoms with Gasteiger partial charge in [0.1, 0.15) is 0 Å². The fourth-order valence-corrected chi connectivity index (χ4v) is 10.1. The maximum Gasteiger partial charge on any atom is 0.238 e. The highest BCUT2D eigenvalue weighted by Crippen LogP contribution is 2.53. The second kappa shape index (κ2) is 14.1. The van der Waals surface area contributed by atoms with Crippen LogP contribution in [-0.2, 0) is 0 Å². The van der Waals surface area contributed by atoms with Gasteiger partial charge in [0.25, 0.3) is 0 Å². The summed E-state index contributed by atoms with van der Waals surface area (Å²) in [6.45, 7) is 0. The van der Waals surface area contributed by atoms with Crippen LogP contribution >= 0.6 is 0 Å². The first-order valence-corrected chi connectivity index (χ1v) is 21.5. The molecule has 0 saturated carbocycles. The Hall–Kier alpha value is -8.41. The number of fused-ring (bicyclic) bond motifs is 10. The Morgan fingerprint density at radius 2 is 0.889 bits per heavy atom. The van der Waals surface area contributed by atoms with Gasteiger partial charge in [-0.15, -0.1) is 0 Å². The van der Waals surface area contributed by atoms with Crippen molar-refractivity contribution in [2.45, 2.75) is 5.92 Å². The Kier molecular flexibility index (Phi) is 7.90. The lowest BCUT2D eigenvalue weighted by atomic mass is 9.87. The largest absolute Gasteiger partial charge is 0.309 e. The second-order valence-electron chi connectivity index (χ2n) is 16.4. The molecule has 1 aliphatic carbocycles. The molecular formula is C58H37N5. The third-order valence-corrected chi connectivity index (χ3v) is 12.9. The summed E-state index contributed by atoms with van der Waals surface area (Å²) in [5.41, 5.74) is 16.4. The van der Waals surface area contributed by atoms with Gasteiger partial charge in [-0.1, -0.05) is 182 Å². The first kappa shape index (κ1) is 35.4. The number of nitrogens with zero attached hydrogens (tertiary/aromatic N) is 5. The lowest BCUT2D eigenvalue weighted by molar-refractivity contribution is 0.952. The zero-order valence-corrected chi connectivity index (χ0v) is 34.1. The molecule has 1 atom stereocenters. The van der Waals surface area contributed by atoms with Gasteiger partial charge in [0.15, 0.2) is 11.6 Å². The number of para-hydroxylation sites is 2. The standard InChI is InChI=1S/C58H37N5/c1-4-16-37(17-5-1)38-28-31-42(32-29-38)62-50-26-14-12-23-44(50)48-34-33-47-43-22-10-11-25-46(43)53(54(47)55(48)62)41-30-35-52-49(36-41)45-24-13-15-27-51(45)63(52)58-60-56(39-18-6-2-7-19-39)59-57(61-58)40-20-8-3-9-21-40/h1-36,53H. The third kappa shape index (κ3) is 5.53. The number of hydrogen-bond donors (Lipinski definition) is 0. The number of hydrogen-bond acceptors (Lipinski definition) is 3. The lowest BCUT2D eigenvalue weighted by Gasteiger charge is -2.18. The molecule has 0 amide bonds. The van der Waals surface area contributed by atoms with Crippen molar-refractivity contribution in [3.05, 3.63) is 235 Å². The van der Waals surface area contributed by atoms with Crippen LogP contribution in [0.4, 0.5) is 0 Å². The highest BCUT2D eigenvalue weighted by molar-refractivity contribution is 6.14. The quantitative estimate of drug-likeness (QED) is 0.168. The molecule has 1 unspecified atom stereocenters. The van der Waals surface area contributed by atoms with E-state index in [1.165, 1.54) is 60.8 Å². The minimum Gasteiger partial charge on any atom is -0.309 e. The highest BCUT2D eigenvalue weighted by atomic mass is 15.2. The third-order valence-electron chi connectivity index (χ3n) is 12.9. The maximum atomic E-state index is 5.19. The van der Waals surface area contributed by atoms with Crippen molar-refractivity contribution < 1.29 is 0 Å². The summed E-state index contributed by atoms with van der Waals surface area (Å²) in [5, 5.41) is 4.80. The second-order valence-corrected chi connectivity index (χ2v) is 16.4. The van der Waals surface area contributed by atoms with Crippen molar-refractivity contribution in [1.29, 1.82) is 0 Å². The summed E-state index contributed by atoms with van der Waals surface area (Å²) in [6, 6.07) is 78.2. The molecule has 3 aromatic heterocycles. The smallest absolute Gasteiger partial charge is 0.238 e. The minimum atomic E-state index is -0.00962. The Bertz CT molecular complexity index is 3660.